The summed E-state index contributed by atoms with van der Waals surface area (Å²) in [6, 6.07) is 6.41. The summed E-state index contributed by atoms with van der Waals surface area (Å²) < 4.78 is 11.1. The van der Waals surface area contributed by atoms with Gasteiger partial charge in [0.2, 0.25) is 0 Å². The maximum atomic E-state index is 5.70. The molecule has 1 aromatic rings. The van der Waals surface area contributed by atoms with Crippen molar-refractivity contribution in [2.45, 2.75) is 38.7 Å². The summed E-state index contributed by atoms with van der Waals surface area (Å²) in [4.78, 5) is 0. The van der Waals surface area contributed by atoms with Gasteiger partial charge >= 0.3 is 0 Å². The highest BCUT2D eigenvalue weighted by molar-refractivity contribution is 5.42. The molecule has 0 amide bonds. The second-order valence-corrected chi connectivity index (χ2v) is 4.94. The van der Waals surface area contributed by atoms with E-state index in [-0.39, 0.29) is 5.60 Å². The van der Waals surface area contributed by atoms with Crippen LogP contribution in [0.25, 0.3) is 0 Å². The van der Waals surface area contributed by atoms with Crippen LogP contribution in [0.5, 0.6) is 5.75 Å². The molecular weight excluding hydrogens is 200 g/mol. The van der Waals surface area contributed by atoms with Crippen molar-refractivity contribution in [1.82, 2.24) is 0 Å². The predicted molar refractivity (Wildman–Crippen MR) is 65.0 cm³/mol. The molecule has 0 bridgehead atoms. The molecule has 0 spiro atoms. The van der Waals surface area contributed by atoms with Crippen LogP contribution in [0, 0.1) is 0 Å². The lowest BCUT2D eigenvalue weighted by atomic mass is 9.85. The van der Waals surface area contributed by atoms with E-state index >= 15 is 0 Å². The molecule has 1 unspecified atom stereocenters. The van der Waals surface area contributed by atoms with Crippen LogP contribution >= 0.6 is 0 Å². The second-order valence-electron chi connectivity index (χ2n) is 4.94. The fourth-order valence-corrected chi connectivity index (χ4v) is 2.12. The molecular formula is C14H20O2. The van der Waals surface area contributed by atoms with Gasteiger partial charge in [0, 0.05) is 12.0 Å². The van der Waals surface area contributed by atoms with Crippen LogP contribution < -0.4 is 4.74 Å². The summed E-state index contributed by atoms with van der Waals surface area (Å²) >= 11 is 0. The topological polar surface area (TPSA) is 18.5 Å². The second kappa shape index (κ2) is 4.10. The van der Waals surface area contributed by atoms with Gasteiger partial charge in [0.15, 0.2) is 0 Å². The minimum Gasteiger partial charge on any atom is -0.496 e. The first-order valence-electron chi connectivity index (χ1n) is 5.89. The molecule has 0 aromatic heterocycles. The van der Waals surface area contributed by atoms with Gasteiger partial charge in [-0.1, -0.05) is 19.9 Å². The number of ether oxygens (including phenoxy) is 2. The first kappa shape index (κ1) is 11.5. The third-order valence-corrected chi connectivity index (χ3v) is 3.46. The standard InChI is InChI=1S/C14H20O2/c1-10(2)11-5-6-13(15-4)12(9-11)14(3)7-8-16-14/h5-6,9-10H,7-8H2,1-4H3. The molecule has 1 fully saturated rings. The van der Waals surface area contributed by atoms with Gasteiger partial charge in [-0.3, -0.25) is 0 Å². The third-order valence-electron chi connectivity index (χ3n) is 3.46. The zero-order chi connectivity index (χ0) is 11.8. The molecule has 2 rings (SSSR count). The maximum absolute atomic E-state index is 5.70. The Morgan fingerprint density at radius 3 is 2.50 bits per heavy atom. The average Bonchev–Trinajstić information content (AvgIpc) is 2.25. The monoisotopic (exact) mass is 220 g/mol. The zero-order valence-corrected chi connectivity index (χ0v) is 10.5. The smallest absolute Gasteiger partial charge is 0.124 e. The first-order valence-corrected chi connectivity index (χ1v) is 5.89. The SMILES string of the molecule is COc1ccc(C(C)C)cc1C1(C)CCO1. The Balaban J connectivity index is 2.43. The van der Waals surface area contributed by atoms with Crippen LogP contribution in [0.2, 0.25) is 0 Å². The lowest BCUT2D eigenvalue weighted by Crippen LogP contribution is -2.38. The summed E-state index contributed by atoms with van der Waals surface area (Å²) in [5.41, 5.74) is 2.39. The number of benzene rings is 1. The normalized spacial score (nSPS) is 24.3. The summed E-state index contributed by atoms with van der Waals surface area (Å²) in [5, 5.41) is 0. The van der Waals surface area contributed by atoms with E-state index in [0.29, 0.717) is 5.92 Å². The molecule has 88 valence electrons. The van der Waals surface area contributed by atoms with Gasteiger partial charge in [0.25, 0.3) is 0 Å². The van der Waals surface area contributed by atoms with Crippen LogP contribution in [-0.4, -0.2) is 13.7 Å². The van der Waals surface area contributed by atoms with E-state index in [9.17, 15) is 0 Å². The van der Waals surface area contributed by atoms with Crippen molar-refractivity contribution >= 4 is 0 Å². The highest BCUT2D eigenvalue weighted by Gasteiger charge is 2.37. The summed E-state index contributed by atoms with van der Waals surface area (Å²) in [7, 11) is 1.72. The van der Waals surface area contributed by atoms with Gasteiger partial charge in [0.1, 0.15) is 5.75 Å². The van der Waals surface area contributed by atoms with Gasteiger partial charge in [-0.25, -0.2) is 0 Å². The first-order chi connectivity index (χ1) is 7.57. The average molecular weight is 220 g/mol. The Kier molecular flexibility index (Phi) is 2.94. The van der Waals surface area contributed by atoms with E-state index in [1.165, 1.54) is 11.1 Å². The molecule has 1 aliphatic heterocycles. The molecule has 16 heavy (non-hydrogen) atoms. The Bertz CT molecular complexity index is 378. The van der Waals surface area contributed by atoms with Crippen LogP contribution in [0.1, 0.15) is 44.2 Å². The van der Waals surface area contributed by atoms with Crippen molar-refractivity contribution in [3.05, 3.63) is 29.3 Å². The Morgan fingerprint density at radius 1 is 1.38 bits per heavy atom. The minimum atomic E-state index is -0.143. The summed E-state index contributed by atoms with van der Waals surface area (Å²) in [6.45, 7) is 7.40. The number of rotatable bonds is 3. The molecule has 1 aliphatic rings. The van der Waals surface area contributed by atoms with Crippen molar-refractivity contribution in [3.8, 4) is 5.75 Å². The Morgan fingerprint density at radius 2 is 2.06 bits per heavy atom. The molecule has 0 aliphatic carbocycles. The molecule has 1 heterocycles. The number of hydrogen-bond donors (Lipinski definition) is 0. The Labute approximate surface area is 97.6 Å². The van der Waals surface area contributed by atoms with Gasteiger partial charge < -0.3 is 9.47 Å². The van der Waals surface area contributed by atoms with Crippen molar-refractivity contribution < 1.29 is 9.47 Å². The molecule has 1 atom stereocenters. The largest absolute Gasteiger partial charge is 0.496 e. The van der Waals surface area contributed by atoms with Crippen LogP contribution in [0.15, 0.2) is 18.2 Å². The van der Waals surface area contributed by atoms with E-state index in [0.717, 1.165) is 18.8 Å². The van der Waals surface area contributed by atoms with Crippen LogP contribution in [0.3, 0.4) is 0 Å². The zero-order valence-electron chi connectivity index (χ0n) is 10.5. The lowest BCUT2D eigenvalue weighted by Gasteiger charge is -2.40. The van der Waals surface area contributed by atoms with Crippen molar-refractivity contribution in [2.75, 3.05) is 13.7 Å². The summed E-state index contributed by atoms with van der Waals surface area (Å²) in [6.07, 6.45) is 1.07. The highest BCUT2D eigenvalue weighted by atomic mass is 16.5. The molecule has 1 saturated heterocycles. The van der Waals surface area contributed by atoms with E-state index in [2.05, 4.69) is 39.0 Å². The Hall–Kier alpha value is -1.02. The summed E-state index contributed by atoms with van der Waals surface area (Å²) in [5.74, 6) is 1.47. The molecule has 1 aromatic carbocycles. The number of hydrogen-bond acceptors (Lipinski definition) is 2. The van der Waals surface area contributed by atoms with Crippen molar-refractivity contribution in [2.24, 2.45) is 0 Å². The van der Waals surface area contributed by atoms with E-state index in [1.807, 2.05) is 0 Å². The van der Waals surface area contributed by atoms with Crippen molar-refractivity contribution in [1.29, 1.82) is 0 Å². The van der Waals surface area contributed by atoms with Crippen molar-refractivity contribution in [3.63, 3.8) is 0 Å². The fraction of sp³-hybridized carbons (Fsp3) is 0.571. The fourth-order valence-electron chi connectivity index (χ4n) is 2.12. The van der Waals surface area contributed by atoms with E-state index in [4.69, 9.17) is 9.47 Å². The molecule has 0 radical (unpaired) electrons. The third kappa shape index (κ3) is 1.82. The van der Waals surface area contributed by atoms with Crippen LogP contribution in [0.4, 0.5) is 0 Å². The molecule has 2 nitrogen and oxygen atoms in total. The number of methoxy groups -OCH3 is 1. The van der Waals surface area contributed by atoms with Gasteiger partial charge in [-0.15, -0.1) is 0 Å². The van der Waals surface area contributed by atoms with Crippen LogP contribution in [-0.2, 0) is 10.3 Å². The van der Waals surface area contributed by atoms with E-state index < -0.39 is 0 Å². The highest BCUT2D eigenvalue weighted by Crippen LogP contribution is 2.42. The lowest BCUT2D eigenvalue weighted by molar-refractivity contribution is -0.141. The molecule has 0 N–H and O–H groups in total. The van der Waals surface area contributed by atoms with Gasteiger partial charge in [0.05, 0.1) is 19.3 Å². The quantitative estimate of drug-likeness (QED) is 0.776. The van der Waals surface area contributed by atoms with E-state index in [1.54, 1.807) is 7.11 Å². The predicted octanol–water partition coefficient (Wildman–Crippen LogP) is 3.45. The molecule has 2 heteroatoms. The molecule has 0 saturated carbocycles. The minimum absolute atomic E-state index is 0.143. The van der Waals surface area contributed by atoms with Gasteiger partial charge in [-0.2, -0.15) is 0 Å². The van der Waals surface area contributed by atoms with Gasteiger partial charge in [-0.05, 0) is 30.5 Å². The maximum Gasteiger partial charge on any atom is 0.124 e.